The van der Waals surface area contributed by atoms with Gasteiger partial charge in [0.05, 0.1) is 22.6 Å². The first-order valence-electron chi connectivity index (χ1n) is 10.6. The van der Waals surface area contributed by atoms with E-state index in [4.69, 9.17) is 11.6 Å². The molecule has 4 nitrogen and oxygen atoms in total. The minimum atomic E-state index is -4.52. The van der Waals surface area contributed by atoms with E-state index in [1.54, 1.807) is 24.3 Å². The lowest BCUT2D eigenvalue weighted by Crippen LogP contribution is -2.15. The van der Waals surface area contributed by atoms with E-state index in [1.807, 2.05) is 36.4 Å². The number of carbonyl (C=O) groups is 1. The Morgan fingerprint density at radius 2 is 1.69 bits per heavy atom. The van der Waals surface area contributed by atoms with Crippen LogP contribution < -0.4 is 5.32 Å². The van der Waals surface area contributed by atoms with Crippen LogP contribution in [0.3, 0.4) is 0 Å². The van der Waals surface area contributed by atoms with Crippen LogP contribution in [0.5, 0.6) is 0 Å². The predicted octanol–water partition coefficient (Wildman–Crippen LogP) is 7.69. The highest BCUT2D eigenvalue weighted by Gasteiger charge is 2.30. The molecule has 0 bridgehead atoms. The number of anilines is 1. The van der Waals surface area contributed by atoms with Gasteiger partial charge in [-0.2, -0.15) is 18.4 Å². The second kappa shape index (κ2) is 10.9. The molecule has 0 aliphatic carbocycles. The standard InChI is InChI=1S/C27H17ClF3N3OS/c28-20-11-9-18(10-12-20)24-14-22(17-5-2-1-3-6-17)23(15-32)26(34-24)36-16-25(35)33-21-8-4-7-19(13-21)27(29,30)31/h1-14H,16H2,(H,33,35). The van der Waals surface area contributed by atoms with E-state index in [0.717, 1.165) is 35.0 Å². The smallest absolute Gasteiger partial charge is 0.325 e. The Labute approximate surface area is 214 Å². The van der Waals surface area contributed by atoms with E-state index < -0.39 is 17.6 Å². The van der Waals surface area contributed by atoms with Gasteiger partial charge in [-0.3, -0.25) is 4.79 Å². The number of alkyl halides is 3. The number of benzene rings is 3. The molecule has 0 aliphatic heterocycles. The highest BCUT2D eigenvalue weighted by Crippen LogP contribution is 2.35. The van der Waals surface area contributed by atoms with Gasteiger partial charge in [-0.15, -0.1) is 0 Å². The summed E-state index contributed by atoms with van der Waals surface area (Å²) in [5.41, 5.74) is 2.30. The molecule has 4 aromatic rings. The first-order chi connectivity index (χ1) is 17.2. The Morgan fingerprint density at radius 1 is 0.972 bits per heavy atom. The van der Waals surface area contributed by atoms with Crippen LogP contribution in [0.25, 0.3) is 22.4 Å². The summed E-state index contributed by atoms with van der Waals surface area (Å²) < 4.78 is 38.9. The molecule has 3 aromatic carbocycles. The Hall–Kier alpha value is -3.80. The van der Waals surface area contributed by atoms with Crippen molar-refractivity contribution < 1.29 is 18.0 Å². The number of rotatable bonds is 6. The Bertz CT molecular complexity index is 1440. The SMILES string of the molecule is N#Cc1c(-c2ccccc2)cc(-c2ccc(Cl)cc2)nc1SCC(=O)Nc1cccc(C(F)(F)F)c1. The Kier molecular flexibility index (Phi) is 7.63. The van der Waals surface area contributed by atoms with Crippen LogP contribution in [0.4, 0.5) is 18.9 Å². The highest BCUT2D eigenvalue weighted by molar-refractivity contribution is 8.00. The van der Waals surface area contributed by atoms with Gasteiger partial charge in [-0.05, 0) is 42.0 Å². The summed E-state index contributed by atoms with van der Waals surface area (Å²) in [6, 6.07) is 24.8. The molecule has 9 heteroatoms. The normalized spacial score (nSPS) is 11.1. The van der Waals surface area contributed by atoms with Gasteiger partial charge in [0.25, 0.3) is 0 Å². The van der Waals surface area contributed by atoms with Gasteiger partial charge in [-0.25, -0.2) is 4.98 Å². The molecule has 1 amide bonds. The molecule has 0 radical (unpaired) electrons. The summed E-state index contributed by atoms with van der Waals surface area (Å²) in [5.74, 6) is -0.681. The molecule has 0 atom stereocenters. The van der Waals surface area contributed by atoms with Crippen LogP contribution in [0.1, 0.15) is 11.1 Å². The van der Waals surface area contributed by atoms with E-state index in [0.29, 0.717) is 26.9 Å². The maximum Gasteiger partial charge on any atom is 0.416 e. The summed E-state index contributed by atoms with van der Waals surface area (Å²) in [5, 5.41) is 13.3. The lowest BCUT2D eigenvalue weighted by Gasteiger charge is -2.13. The summed E-state index contributed by atoms with van der Waals surface area (Å²) in [7, 11) is 0. The summed E-state index contributed by atoms with van der Waals surface area (Å²) in [6.45, 7) is 0. The van der Waals surface area contributed by atoms with Gasteiger partial charge >= 0.3 is 6.18 Å². The average molecular weight is 524 g/mol. The molecule has 0 saturated carbocycles. The molecule has 1 N–H and O–H groups in total. The fraction of sp³-hybridized carbons (Fsp3) is 0.0741. The lowest BCUT2D eigenvalue weighted by atomic mass is 9.99. The topological polar surface area (TPSA) is 65.8 Å². The third kappa shape index (κ3) is 6.06. The van der Waals surface area contributed by atoms with Crippen LogP contribution in [0, 0.1) is 11.3 Å². The highest BCUT2D eigenvalue weighted by atomic mass is 35.5. The third-order valence-electron chi connectivity index (χ3n) is 5.14. The number of nitrogens with one attached hydrogen (secondary N) is 1. The van der Waals surface area contributed by atoms with E-state index >= 15 is 0 Å². The molecule has 36 heavy (non-hydrogen) atoms. The summed E-state index contributed by atoms with van der Waals surface area (Å²) >= 11 is 7.05. The molecule has 1 heterocycles. The van der Waals surface area contributed by atoms with Crippen molar-refractivity contribution in [3.05, 3.63) is 101 Å². The maximum atomic E-state index is 13.0. The van der Waals surface area contributed by atoms with Crippen molar-refractivity contribution >= 4 is 35.0 Å². The second-order valence-corrected chi connectivity index (χ2v) is 9.04. The van der Waals surface area contributed by atoms with Crippen molar-refractivity contribution in [3.8, 4) is 28.5 Å². The number of hydrogen-bond donors (Lipinski definition) is 1. The number of nitrogens with zero attached hydrogens (tertiary/aromatic N) is 2. The van der Waals surface area contributed by atoms with Gasteiger partial charge in [0.1, 0.15) is 11.1 Å². The maximum absolute atomic E-state index is 13.0. The number of pyridine rings is 1. The fourth-order valence-electron chi connectivity index (χ4n) is 3.45. The molecule has 0 fully saturated rings. The molecule has 4 rings (SSSR count). The number of nitriles is 1. The van der Waals surface area contributed by atoms with E-state index in [2.05, 4.69) is 16.4 Å². The third-order valence-corrected chi connectivity index (χ3v) is 6.36. The first-order valence-corrected chi connectivity index (χ1v) is 12.0. The van der Waals surface area contributed by atoms with Crippen LogP contribution in [-0.4, -0.2) is 16.6 Å². The van der Waals surface area contributed by atoms with E-state index in [9.17, 15) is 23.2 Å². The zero-order chi connectivity index (χ0) is 25.7. The Balaban J connectivity index is 1.64. The molecule has 0 aliphatic rings. The van der Waals surface area contributed by atoms with Crippen molar-refractivity contribution in [1.29, 1.82) is 5.26 Å². The van der Waals surface area contributed by atoms with Gasteiger partial charge in [0.15, 0.2) is 0 Å². The van der Waals surface area contributed by atoms with Crippen molar-refractivity contribution in [2.45, 2.75) is 11.2 Å². The second-order valence-electron chi connectivity index (χ2n) is 7.64. The molecular formula is C27H17ClF3N3OS. The largest absolute Gasteiger partial charge is 0.416 e. The molecular weight excluding hydrogens is 507 g/mol. The number of amides is 1. The van der Waals surface area contributed by atoms with Crippen LogP contribution >= 0.6 is 23.4 Å². The molecule has 0 unspecified atom stereocenters. The van der Waals surface area contributed by atoms with E-state index in [1.165, 1.54) is 12.1 Å². The summed E-state index contributed by atoms with van der Waals surface area (Å²) in [6.07, 6.45) is -4.52. The van der Waals surface area contributed by atoms with Crippen molar-refractivity contribution in [2.24, 2.45) is 0 Å². The van der Waals surface area contributed by atoms with Crippen LogP contribution in [0.2, 0.25) is 5.02 Å². The van der Waals surface area contributed by atoms with Gasteiger partial charge < -0.3 is 5.32 Å². The number of halogens is 4. The molecule has 0 spiro atoms. The zero-order valence-corrected chi connectivity index (χ0v) is 20.1. The van der Waals surface area contributed by atoms with Crippen LogP contribution in [0.15, 0.2) is 90.0 Å². The monoisotopic (exact) mass is 523 g/mol. The van der Waals surface area contributed by atoms with Gasteiger partial charge in [0.2, 0.25) is 5.91 Å². The molecule has 0 saturated heterocycles. The van der Waals surface area contributed by atoms with Crippen molar-refractivity contribution in [2.75, 3.05) is 11.1 Å². The number of thioether (sulfide) groups is 1. The number of aromatic nitrogens is 1. The van der Waals surface area contributed by atoms with Gasteiger partial charge in [-0.1, -0.05) is 71.9 Å². The molecule has 1 aromatic heterocycles. The summed E-state index contributed by atoms with van der Waals surface area (Å²) in [4.78, 5) is 17.2. The predicted molar refractivity (Wildman–Crippen MR) is 136 cm³/mol. The number of hydrogen-bond acceptors (Lipinski definition) is 4. The van der Waals surface area contributed by atoms with Crippen molar-refractivity contribution in [1.82, 2.24) is 4.98 Å². The average Bonchev–Trinajstić information content (AvgIpc) is 2.87. The lowest BCUT2D eigenvalue weighted by molar-refractivity contribution is -0.137. The minimum absolute atomic E-state index is 0.0313. The van der Waals surface area contributed by atoms with Crippen molar-refractivity contribution in [3.63, 3.8) is 0 Å². The zero-order valence-electron chi connectivity index (χ0n) is 18.5. The number of carbonyl (C=O) groups excluding carboxylic acids is 1. The minimum Gasteiger partial charge on any atom is -0.325 e. The quantitative estimate of drug-likeness (QED) is 0.263. The van der Waals surface area contributed by atoms with Gasteiger partial charge in [0, 0.05) is 21.8 Å². The first kappa shape index (κ1) is 25.3. The Morgan fingerprint density at radius 3 is 2.36 bits per heavy atom. The van der Waals surface area contributed by atoms with Crippen LogP contribution in [-0.2, 0) is 11.0 Å². The van der Waals surface area contributed by atoms with E-state index in [-0.39, 0.29) is 11.4 Å². The molecule has 180 valence electrons. The fourth-order valence-corrected chi connectivity index (χ4v) is 4.38.